The largest absolute Gasteiger partial charge is 0.396 e. The summed E-state index contributed by atoms with van der Waals surface area (Å²) in [6, 6.07) is 0. The lowest BCUT2D eigenvalue weighted by molar-refractivity contribution is -0.139. The third kappa shape index (κ3) is 5.65. The summed E-state index contributed by atoms with van der Waals surface area (Å²) in [5.41, 5.74) is 0. The predicted molar refractivity (Wildman–Crippen MR) is 88.4 cm³/mol. The number of carbonyl (C=O) groups excluding carboxylic acids is 2. The van der Waals surface area contributed by atoms with E-state index in [2.05, 4.69) is 0 Å². The van der Waals surface area contributed by atoms with Crippen molar-refractivity contribution in [2.75, 3.05) is 6.61 Å². The molecule has 0 aliphatic carbocycles. The van der Waals surface area contributed by atoms with Crippen LogP contribution in [0.15, 0.2) is 12.2 Å². The van der Waals surface area contributed by atoms with Crippen molar-refractivity contribution < 1.29 is 19.8 Å². The summed E-state index contributed by atoms with van der Waals surface area (Å²) < 4.78 is 0. The second kappa shape index (κ2) is 9.90. The molecule has 0 spiro atoms. The van der Waals surface area contributed by atoms with E-state index >= 15 is 0 Å². The first-order chi connectivity index (χ1) is 10.2. The number of allylic oxidation sites excluding steroid dienone is 2. The van der Waals surface area contributed by atoms with Crippen LogP contribution in [-0.2, 0) is 9.59 Å². The summed E-state index contributed by atoms with van der Waals surface area (Å²) in [6.45, 7) is 10.4. The highest BCUT2D eigenvalue weighted by Crippen LogP contribution is 2.29. The smallest absolute Gasteiger partial charge is 0.142 e. The van der Waals surface area contributed by atoms with Crippen LogP contribution in [0.3, 0.4) is 0 Å². The topological polar surface area (TPSA) is 74.6 Å². The molecule has 4 nitrogen and oxygen atoms in total. The highest BCUT2D eigenvalue weighted by molar-refractivity contribution is 5.90. The molecule has 0 fully saturated rings. The quantitative estimate of drug-likeness (QED) is 0.608. The van der Waals surface area contributed by atoms with E-state index in [1.807, 2.05) is 39.8 Å². The number of Topliss-reactive ketones (excluding diaryl/α,β-unsaturated/α-hetero) is 2. The number of carbonyl (C=O) groups is 2. The van der Waals surface area contributed by atoms with E-state index in [1.165, 1.54) is 6.92 Å². The Kier molecular flexibility index (Phi) is 9.45. The van der Waals surface area contributed by atoms with Crippen molar-refractivity contribution in [3.8, 4) is 0 Å². The van der Waals surface area contributed by atoms with Gasteiger partial charge in [0.1, 0.15) is 11.6 Å². The van der Waals surface area contributed by atoms with E-state index in [0.29, 0.717) is 6.42 Å². The molecular formula is C18H32O4. The summed E-state index contributed by atoms with van der Waals surface area (Å²) in [5.74, 6) is -2.19. The summed E-state index contributed by atoms with van der Waals surface area (Å²) in [7, 11) is 0. The molecule has 1 unspecified atom stereocenters. The monoisotopic (exact) mass is 312 g/mol. The molecule has 0 amide bonds. The van der Waals surface area contributed by atoms with Crippen LogP contribution in [-0.4, -0.2) is 34.5 Å². The zero-order valence-corrected chi connectivity index (χ0v) is 14.7. The molecule has 4 heteroatoms. The Balaban J connectivity index is 5.23. The van der Waals surface area contributed by atoms with Gasteiger partial charge in [-0.25, -0.2) is 0 Å². The van der Waals surface area contributed by atoms with Crippen LogP contribution in [0.2, 0.25) is 0 Å². The second-order valence-electron chi connectivity index (χ2n) is 6.63. The molecule has 0 aromatic rings. The van der Waals surface area contributed by atoms with Crippen LogP contribution < -0.4 is 0 Å². The molecular weight excluding hydrogens is 280 g/mol. The molecule has 0 bridgehead atoms. The molecule has 0 saturated heterocycles. The minimum atomic E-state index is -0.752. The lowest BCUT2D eigenvalue weighted by Gasteiger charge is -2.32. The number of aliphatic hydroxyl groups is 2. The van der Waals surface area contributed by atoms with Crippen molar-refractivity contribution in [2.45, 2.75) is 54.1 Å². The van der Waals surface area contributed by atoms with Crippen LogP contribution in [0.25, 0.3) is 0 Å². The van der Waals surface area contributed by atoms with Crippen molar-refractivity contribution in [2.24, 2.45) is 29.6 Å². The first kappa shape index (κ1) is 21.0. The maximum atomic E-state index is 12.8. The van der Waals surface area contributed by atoms with Gasteiger partial charge >= 0.3 is 0 Å². The first-order valence-corrected chi connectivity index (χ1v) is 8.13. The van der Waals surface area contributed by atoms with Gasteiger partial charge in [-0.1, -0.05) is 39.8 Å². The van der Waals surface area contributed by atoms with E-state index in [9.17, 15) is 19.8 Å². The van der Waals surface area contributed by atoms with Crippen molar-refractivity contribution in [1.82, 2.24) is 0 Å². The van der Waals surface area contributed by atoms with Gasteiger partial charge in [0.15, 0.2) is 0 Å². The molecule has 22 heavy (non-hydrogen) atoms. The van der Waals surface area contributed by atoms with Crippen molar-refractivity contribution >= 4 is 11.6 Å². The van der Waals surface area contributed by atoms with Gasteiger partial charge in [-0.3, -0.25) is 9.59 Å². The number of hydrogen-bond donors (Lipinski definition) is 2. The number of aliphatic hydroxyl groups excluding tert-OH is 2. The SMILES string of the molecule is C/C=C/C[C@@H](C)[C@@H](O)[C@@H](C(=O)C(C)[C@H](CO)C(C)=O)C(C)C. The molecule has 128 valence electrons. The first-order valence-electron chi connectivity index (χ1n) is 8.13. The number of hydrogen-bond acceptors (Lipinski definition) is 4. The number of ketones is 2. The zero-order chi connectivity index (χ0) is 17.4. The fourth-order valence-corrected chi connectivity index (χ4v) is 2.88. The molecule has 0 aliphatic rings. The highest BCUT2D eigenvalue weighted by atomic mass is 16.3. The highest BCUT2D eigenvalue weighted by Gasteiger charge is 2.38. The summed E-state index contributed by atoms with van der Waals surface area (Å²) in [4.78, 5) is 24.3. The Bertz CT molecular complexity index is 387. The minimum absolute atomic E-state index is 0.0238. The molecule has 5 atom stereocenters. The summed E-state index contributed by atoms with van der Waals surface area (Å²) in [6.07, 6.45) is 3.86. The fourth-order valence-electron chi connectivity index (χ4n) is 2.88. The van der Waals surface area contributed by atoms with E-state index in [0.717, 1.165) is 0 Å². The van der Waals surface area contributed by atoms with Gasteiger partial charge < -0.3 is 10.2 Å². The van der Waals surface area contributed by atoms with Crippen molar-refractivity contribution in [3.05, 3.63) is 12.2 Å². The van der Waals surface area contributed by atoms with E-state index in [1.54, 1.807) is 6.92 Å². The van der Waals surface area contributed by atoms with Crippen LogP contribution >= 0.6 is 0 Å². The predicted octanol–water partition coefficient (Wildman–Crippen LogP) is 2.62. The van der Waals surface area contributed by atoms with Crippen molar-refractivity contribution in [3.63, 3.8) is 0 Å². The average Bonchev–Trinajstić information content (AvgIpc) is 2.44. The molecule has 2 N–H and O–H groups in total. The number of rotatable bonds is 10. The molecule has 0 aliphatic heterocycles. The molecule has 0 radical (unpaired) electrons. The average molecular weight is 312 g/mol. The molecule has 0 heterocycles. The lowest BCUT2D eigenvalue weighted by Crippen LogP contribution is -2.42. The Morgan fingerprint density at radius 2 is 1.68 bits per heavy atom. The molecule has 0 aromatic heterocycles. The van der Waals surface area contributed by atoms with Crippen LogP contribution in [0, 0.1) is 29.6 Å². The van der Waals surface area contributed by atoms with Crippen molar-refractivity contribution in [1.29, 1.82) is 0 Å². The second-order valence-corrected chi connectivity index (χ2v) is 6.63. The van der Waals surface area contributed by atoms with Gasteiger partial charge in [0, 0.05) is 17.8 Å². The van der Waals surface area contributed by atoms with Gasteiger partial charge in [-0.15, -0.1) is 0 Å². The molecule has 0 rings (SSSR count). The van der Waals surface area contributed by atoms with Gasteiger partial charge in [-0.2, -0.15) is 0 Å². The normalized spacial score (nSPS) is 19.0. The maximum Gasteiger partial charge on any atom is 0.142 e. The van der Waals surface area contributed by atoms with Gasteiger partial charge in [0.2, 0.25) is 0 Å². The third-order valence-electron chi connectivity index (χ3n) is 4.51. The Labute approximate surface area is 134 Å². The fraction of sp³-hybridized carbons (Fsp3) is 0.778. The van der Waals surface area contributed by atoms with E-state index in [-0.39, 0.29) is 30.0 Å². The Hall–Kier alpha value is -1.00. The lowest BCUT2D eigenvalue weighted by atomic mass is 9.73. The zero-order valence-electron chi connectivity index (χ0n) is 14.7. The molecule has 0 aromatic carbocycles. The van der Waals surface area contributed by atoms with Gasteiger partial charge in [-0.05, 0) is 32.1 Å². The minimum Gasteiger partial charge on any atom is -0.396 e. The van der Waals surface area contributed by atoms with Crippen LogP contribution in [0.4, 0.5) is 0 Å². The summed E-state index contributed by atoms with van der Waals surface area (Å²) >= 11 is 0. The Morgan fingerprint density at radius 3 is 2.05 bits per heavy atom. The van der Waals surface area contributed by atoms with Crippen LogP contribution in [0.1, 0.15) is 48.0 Å². The Morgan fingerprint density at radius 1 is 1.14 bits per heavy atom. The third-order valence-corrected chi connectivity index (χ3v) is 4.51. The van der Waals surface area contributed by atoms with Crippen LogP contribution in [0.5, 0.6) is 0 Å². The van der Waals surface area contributed by atoms with E-state index < -0.39 is 23.9 Å². The summed E-state index contributed by atoms with van der Waals surface area (Å²) in [5, 5.41) is 19.9. The van der Waals surface area contributed by atoms with E-state index in [4.69, 9.17) is 0 Å². The standard InChI is InChI=1S/C18H32O4/c1-7-8-9-12(4)17(21)16(11(2)3)18(22)13(5)15(10-19)14(6)20/h7-8,11-13,15-17,19,21H,9-10H2,1-6H3/b8-7+/t12-,13?,15+,16+,17-/m1/s1. The van der Waals surface area contributed by atoms with Gasteiger partial charge in [0.05, 0.1) is 12.7 Å². The maximum absolute atomic E-state index is 12.8. The molecule has 0 saturated carbocycles. The van der Waals surface area contributed by atoms with Gasteiger partial charge in [0.25, 0.3) is 0 Å².